The smallest absolute Gasteiger partial charge is 0.0417 e. The maximum absolute atomic E-state index is 3.71. The van der Waals surface area contributed by atoms with Gasteiger partial charge in [-0.2, -0.15) is 0 Å². The van der Waals surface area contributed by atoms with Crippen molar-refractivity contribution in [2.24, 2.45) is 5.92 Å². The lowest BCUT2D eigenvalue weighted by atomic mass is 9.99. The van der Waals surface area contributed by atoms with Gasteiger partial charge in [0.1, 0.15) is 0 Å². The van der Waals surface area contributed by atoms with E-state index >= 15 is 0 Å². The number of aryl methyl sites for hydroxylation is 1. The normalized spacial score (nSPS) is 13.2. The second-order valence-electron chi connectivity index (χ2n) is 5.14. The molecule has 98 valence electrons. The van der Waals surface area contributed by atoms with E-state index in [1.54, 1.807) is 4.88 Å². The fourth-order valence-corrected chi connectivity index (χ4v) is 3.20. The Morgan fingerprint density at radius 2 is 2.00 bits per heavy atom. The lowest BCUT2D eigenvalue weighted by Crippen LogP contribution is -2.22. The van der Waals surface area contributed by atoms with Crippen LogP contribution >= 0.6 is 11.3 Å². The fourth-order valence-electron chi connectivity index (χ4n) is 2.09. The Morgan fingerprint density at radius 3 is 2.59 bits per heavy atom. The number of rotatable bonds is 8. The highest BCUT2D eigenvalue weighted by atomic mass is 32.1. The van der Waals surface area contributed by atoms with Crippen molar-refractivity contribution in [3.8, 4) is 0 Å². The Balaban J connectivity index is 2.67. The van der Waals surface area contributed by atoms with Crippen molar-refractivity contribution in [3.63, 3.8) is 0 Å². The number of thiophene rings is 1. The molecule has 0 aliphatic rings. The van der Waals surface area contributed by atoms with Gasteiger partial charge in [0.2, 0.25) is 0 Å². The van der Waals surface area contributed by atoms with Crippen LogP contribution in [0.1, 0.15) is 63.4 Å². The van der Waals surface area contributed by atoms with Gasteiger partial charge in [0.15, 0.2) is 0 Å². The summed E-state index contributed by atoms with van der Waals surface area (Å²) in [5.41, 5.74) is 1.53. The van der Waals surface area contributed by atoms with E-state index in [4.69, 9.17) is 0 Å². The van der Waals surface area contributed by atoms with Gasteiger partial charge in [0.25, 0.3) is 0 Å². The third-order valence-electron chi connectivity index (χ3n) is 3.15. The first-order valence-corrected chi connectivity index (χ1v) is 7.86. The summed E-state index contributed by atoms with van der Waals surface area (Å²) in [5, 5.41) is 5.95. The summed E-state index contributed by atoms with van der Waals surface area (Å²) in [4.78, 5) is 1.57. The first-order chi connectivity index (χ1) is 8.19. The van der Waals surface area contributed by atoms with Crippen LogP contribution in [0, 0.1) is 5.92 Å². The van der Waals surface area contributed by atoms with Crippen LogP contribution in [0.25, 0.3) is 0 Å². The number of hydrogen-bond donors (Lipinski definition) is 1. The first kappa shape index (κ1) is 14.7. The average Bonchev–Trinajstić information content (AvgIpc) is 2.77. The van der Waals surface area contributed by atoms with Gasteiger partial charge in [-0.25, -0.2) is 0 Å². The van der Waals surface area contributed by atoms with Crippen LogP contribution in [0.3, 0.4) is 0 Å². The predicted molar refractivity (Wildman–Crippen MR) is 78.8 cm³/mol. The maximum atomic E-state index is 3.71. The van der Waals surface area contributed by atoms with Gasteiger partial charge in [-0.3, -0.25) is 0 Å². The minimum atomic E-state index is 0.576. The minimum absolute atomic E-state index is 0.576. The van der Waals surface area contributed by atoms with Crippen molar-refractivity contribution < 1.29 is 0 Å². The Labute approximate surface area is 111 Å². The van der Waals surface area contributed by atoms with Crippen LogP contribution in [0.4, 0.5) is 0 Å². The lowest BCUT2D eigenvalue weighted by Gasteiger charge is -2.20. The van der Waals surface area contributed by atoms with E-state index in [-0.39, 0.29) is 0 Å². The molecule has 1 aromatic rings. The monoisotopic (exact) mass is 253 g/mol. The zero-order chi connectivity index (χ0) is 12.7. The van der Waals surface area contributed by atoms with Gasteiger partial charge in [-0.15, -0.1) is 11.3 Å². The SMILES string of the molecule is CCCNC(CCC(C)C)c1sccc1CC. The molecule has 1 nitrogen and oxygen atoms in total. The van der Waals surface area contributed by atoms with E-state index in [0.717, 1.165) is 18.9 Å². The van der Waals surface area contributed by atoms with Crippen LogP contribution in [0.2, 0.25) is 0 Å². The molecule has 1 rings (SSSR count). The van der Waals surface area contributed by atoms with Crippen molar-refractivity contribution in [1.29, 1.82) is 0 Å². The van der Waals surface area contributed by atoms with Gasteiger partial charge in [-0.05, 0) is 55.2 Å². The summed E-state index contributed by atoms with van der Waals surface area (Å²) >= 11 is 1.92. The summed E-state index contributed by atoms with van der Waals surface area (Å²) in [6, 6.07) is 2.86. The largest absolute Gasteiger partial charge is 0.309 e. The van der Waals surface area contributed by atoms with E-state index in [9.17, 15) is 0 Å². The van der Waals surface area contributed by atoms with E-state index in [2.05, 4.69) is 44.5 Å². The van der Waals surface area contributed by atoms with E-state index in [0.29, 0.717) is 6.04 Å². The molecule has 0 saturated carbocycles. The molecule has 0 radical (unpaired) electrons. The molecular formula is C15H27NS. The van der Waals surface area contributed by atoms with Crippen LogP contribution in [0.5, 0.6) is 0 Å². The zero-order valence-electron chi connectivity index (χ0n) is 11.8. The molecule has 0 amide bonds. The summed E-state index contributed by atoms with van der Waals surface area (Å²) in [6.45, 7) is 10.2. The van der Waals surface area contributed by atoms with Gasteiger partial charge in [0, 0.05) is 10.9 Å². The van der Waals surface area contributed by atoms with Crippen molar-refractivity contribution in [3.05, 3.63) is 21.9 Å². The molecule has 0 fully saturated rings. The van der Waals surface area contributed by atoms with E-state index < -0.39 is 0 Å². The fraction of sp³-hybridized carbons (Fsp3) is 0.733. The second-order valence-corrected chi connectivity index (χ2v) is 6.09. The standard InChI is InChI=1S/C15H27NS/c1-5-10-16-14(8-7-12(3)4)15-13(6-2)9-11-17-15/h9,11-12,14,16H,5-8,10H2,1-4H3. The number of nitrogens with one attached hydrogen (secondary N) is 1. The van der Waals surface area contributed by atoms with Gasteiger partial charge >= 0.3 is 0 Å². The van der Waals surface area contributed by atoms with Crippen LogP contribution in [-0.2, 0) is 6.42 Å². The first-order valence-electron chi connectivity index (χ1n) is 6.98. The van der Waals surface area contributed by atoms with Crippen molar-refractivity contribution >= 4 is 11.3 Å². The van der Waals surface area contributed by atoms with Crippen LogP contribution in [-0.4, -0.2) is 6.54 Å². The molecule has 0 saturated heterocycles. The van der Waals surface area contributed by atoms with Gasteiger partial charge in [-0.1, -0.05) is 27.7 Å². The molecule has 2 heteroatoms. The minimum Gasteiger partial charge on any atom is -0.309 e. The van der Waals surface area contributed by atoms with E-state index in [1.165, 1.54) is 24.8 Å². The summed E-state index contributed by atoms with van der Waals surface area (Å²) in [6.07, 6.45) is 4.95. The summed E-state index contributed by atoms with van der Waals surface area (Å²) in [7, 11) is 0. The maximum Gasteiger partial charge on any atom is 0.0417 e. The third kappa shape index (κ3) is 4.81. The molecule has 0 aliphatic carbocycles. The summed E-state index contributed by atoms with van der Waals surface area (Å²) < 4.78 is 0. The Hall–Kier alpha value is -0.340. The Bertz CT molecular complexity index is 304. The highest BCUT2D eigenvalue weighted by Gasteiger charge is 2.15. The molecule has 1 heterocycles. The number of hydrogen-bond acceptors (Lipinski definition) is 2. The molecule has 17 heavy (non-hydrogen) atoms. The average molecular weight is 253 g/mol. The molecule has 0 aliphatic heterocycles. The van der Waals surface area contributed by atoms with Crippen molar-refractivity contribution in [2.75, 3.05) is 6.54 Å². The van der Waals surface area contributed by atoms with Crippen molar-refractivity contribution in [2.45, 2.75) is 59.4 Å². The van der Waals surface area contributed by atoms with E-state index in [1.807, 2.05) is 11.3 Å². The molecule has 1 unspecified atom stereocenters. The van der Waals surface area contributed by atoms with Gasteiger partial charge in [0.05, 0.1) is 0 Å². The Kier molecular flexibility index (Phi) is 6.83. The molecule has 0 bridgehead atoms. The van der Waals surface area contributed by atoms with Crippen LogP contribution < -0.4 is 5.32 Å². The third-order valence-corrected chi connectivity index (χ3v) is 4.22. The molecule has 1 N–H and O–H groups in total. The van der Waals surface area contributed by atoms with Crippen molar-refractivity contribution in [1.82, 2.24) is 5.32 Å². The topological polar surface area (TPSA) is 12.0 Å². The Morgan fingerprint density at radius 1 is 1.24 bits per heavy atom. The summed E-state index contributed by atoms with van der Waals surface area (Å²) in [5.74, 6) is 0.797. The molecule has 0 spiro atoms. The quantitative estimate of drug-likeness (QED) is 0.702. The molecular weight excluding hydrogens is 226 g/mol. The lowest BCUT2D eigenvalue weighted by molar-refractivity contribution is 0.443. The predicted octanol–water partition coefficient (Wildman–Crippen LogP) is 4.79. The zero-order valence-corrected chi connectivity index (χ0v) is 12.6. The second kappa shape index (κ2) is 7.88. The highest BCUT2D eigenvalue weighted by Crippen LogP contribution is 2.29. The molecule has 1 atom stereocenters. The molecule has 0 aromatic carbocycles. The molecule has 1 aromatic heterocycles. The highest BCUT2D eigenvalue weighted by molar-refractivity contribution is 7.10. The van der Waals surface area contributed by atoms with Gasteiger partial charge < -0.3 is 5.32 Å². The van der Waals surface area contributed by atoms with Crippen LogP contribution in [0.15, 0.2) is 11.4 Å².